The van der Waals surface area contributed by atoms with Crippen LogP contribution < -0.4 is 20.7 Å². The molecule has 41 heavy (non-hydrogen) atoms. The molecule has 2 aromatic rings. The van der Waals surface area contributed by atoms with E-state index >= 15 is 0 Å². The van der Waals surface area contributed by atoms with Gasteiger partial charge < -0.3 is 25.8 Å². The number of likely N-dealkylation sites (N-methyl/N-ethyl adjacent to an activating group) is 1. The number of ether oxygens (including phenoxy) is 1. The molecule has 0 unspecified atom stereocenters. The average molecular weight is 597 g/mol. The van der Waals surface area contributed by atoms with E-state index in [0.717, 1.165) is 0 Å². The molecule has 2 saturated heterocycles. The van der Waals surface area contributed by atoms with Gasteiger partial charge in [-0.3, -0.25) is 9.69 Å². The van der Waals surface area contributed by atoms with E-state index in [2.05, 4.69) is 5.32 Å². The maximum atomic E-state index is 13.0. The van der Waals surface area contributed by atoms with Crippen LogP contribution in [0.5, 0.6) is 5.75 Å². The van der Waals surface area contributed by atoms with Crippen molar-refractivity contribution in [1.29, 1.82) is 0 Å². The maximum absolute atomic E-state index is 13.0. The fraction of sp³-hybridized carbons (Fsp3) is 0.536. The van der Waals surface area contributed by atoms with Crippen LogP contribution in [0.3, 0.4) is 0 Å². The van der Waals surface area contributed by atoms with E-state index in [0.29, 0.717) is 78.3 Å². The second-order valence-electron chi connectivity index (χ2n) is 11.1. The summed E-state index contributed by atoms with van der Waals surface area (Å²) in [6.45, 7) is 6.15. The van der Waals surface area contributed by atoms with Crippen LogP contribution in [-0.2, 0) is 4.79 Å². The lowest BCUT2D eigenvalue weighted by Gasteiger charge is -2.49. The fourth-order valence-corrected chi connectivity index (χ4v) is 5.85. The number of aromatic nitrogens is 2. The van der Waals surface area contributed by atoms with Crippen molar-refractivity contribution in [3.8, 4) is 17.1 Å². The molecule has 3 heterocycles. The zero-order chi connectivity index (χ0) is 30.1. The molecule has 2 aliphatic rings. The van der Waals surface area contributed by atoms with Crippen LogP contribution in [0.1, 0.15) is 31.5 Å². The van der Waals surface area contributed by atoms with Crippen LogP contribution >= 0.6 is 11.6 Å². The zero-order valence-electron chi connectivity index (χ0n) is 23.6. The van der Waals surface area contributed by atoms with Gasteiger partial charge in [-0.15, -0.1) is 0 Å². The van der Waals surface area contributed by atoms with Crippen molar-refractivity contribution in [3.05, 3.63) is 40.2 Å². The van der Waals surface area contributed by atoms with Crippen molar-refractivity contribution in [3.63, 3.8) is 0 Å². The Morgan fingerprint density at radius 1 is 1.27 bits per heavy atom. The topological polar surface area (TPSA) is 117 Å². The Morgan fingerprint density at radius 3 is 2.59 bits per heavy atom. The summed E-state index contributed by atoms with van der Waals surface area (Å²) >= 11 is 6.58. The number of halogens is 4. The molecule has 4 rings (SSSR count). The molecule has 1 spiro atoms. The van der Waals surface area contributed by atoms with Crippen molar-refractivity contribution < 1.29 is 27.8 Å². The number of allylic oxidation sites excluding steroid dienone is 2. The number of likely N-dealkylation sites (tertiary alicyclic amines) is 1. The van der Waals surface area contributed by atoms with Crippen LogP contribution in [0, 0.1) is 12.3 Å². The summed E-state index contributed by atoms with van der Waals surface area (Å²) in [6, 6.07) is 4.98. The van der Waals surface area contributed by atoms with E-state index in [1.807, 2.05) is 4.90 Å². The summed E-state index contributed by atoms with van der Waals surface area (Å²) in [5.41, 5.74) is 7.90. The molecule has 9 nitrogen and oxygen atoms in total. The van der Waals surface area contributed by atoms with Crippen LogP contribution in [0.25, 0.3) is 17.0 Å². The monoisotopic (exact) mass is 596 g/mol. The zero-order valence-corrected chi connectivity index (χ0v) is 24.4. The Balaban J connectivity index is 1.70. The van der Waals surface area contributed by atoms with Gasteiger partial charge in [-0.25, -0.2) is 9.97 Å². The number of nitrogens with two attached hydrogens (primary N) is 1. The molecule has 224 valence electrons. The quantitative estimate of drug-likeness (QED) is 0.355. The Hall–Kier alpha value is -2.93. The molecule has 2 fully saturated rings. The smallest absolute Gasteiger partial charge is 0.401 e. The third-order valence-corrected chi connectivity index (χ3v) is 7.77. The number of aliphatic hydroxyl groups excluding tert-OH is 1. The van der Waals surface area contributed by atoms with E-state index in [1.54, 1.807) is 39.1 Å². The van der Waals surface area contributed by atoms with E-state index < -0.39 is 18.8 Å². The molecule has 0 bridgehead atoms. The lowest BCUT2D eigenvalue weighted by Crippen LogP contribution is -2.58. The van der Waals surface area contributed by atoms with Gasteiger partial charge in [0.2, 0.25) is 0 Å². The number of anilines is 1. The number of hydrogen-bond donors (Lipinski definition) is 3. The van der Waals surface area contributed by atoms with Gasteiger partial charge in [-0.2, -0.15) is 13.2 Å². The first-order valence-electron chi connectivity index (χ1n) is 13.4. The summed E-state index contributed by atoms with van der Waals surface area (Å²) in [7, 11) is 1.73. The molecule has 1 aromatic carbocycles. The van der Waals surface area contributed by atoms with Crippen LogP contribution in [0.2, 0.25) is 5.02 Å². The van der Waals surface area contributed by atoms with Gasteiger partial charge in [0.15, 0.2) is 11.6 Å². The number of nitrogens with zero attached hydrogens (tertiary/aromatic N) is 4. The first kappa shape index (κ1) is 31.0. The summed E-state index contributed by atoms with van der Waals surface area (Å²) in [4.78, 5) is 25.7. The highest BCUT2D eigenvalue weighted by Gasteiger charge is 2.50. The molecule has 2 aliphatic heterocycles. The number of alkyl halides is 3. The third-order valence-electron chi connectivity index (χ3n) is 7.44. The van der Waals surface area contributed by atoms with Gasteiger partial charge in [0.05, 0.1) is 22.8 Å². The normalized spacial score (nSPS) is 18.3. The van der Waals surface area contributed by atoms with Gasteiger partial charge in [-0.1, -0.05) is 11.6 Å². The second kappa shape index (κ2) is 12.1. The number of carbonyl (C=O) groups is 1. The number of ketones is 1. The number of rotatable bonds is 10. The Kier molecular flexibility index (Phi) is 9.17. The molecular formula is C28H36ClF3N6O3. The third kappa shape index (κ3) is 7.11. The predicted octanol–water partition coefficient (Wildman–Crippen LogP) is 3.42. The summed E-state index contributed by atoms with van der Waals surface area (Å²) < 4.78 is 44.7. The standard InChI is InChI=1S/C28H36ClF3N6O3/c1-16-24(23(17(2)33)18(3)39)35-25(21-9-20(5-6-22(21)29)41-11-19(40)10-34-4)36-26(16)38-13-27(14-38)7-8-37(12-27)15-28(30,31)32/h5-6,9,19,34,40H,7-8,10-15,33H2,1-4H3/t19-/m1/s1. The minimum Gasteiger partial charge on any atom is -0.491 e. The number of Topliss-reactive ketones (excluding diaryl/α,β-unsaturated/α-hetero) is 1. The molecule has 0 aliphatic carbocycles. The molecule has 0 radical (unpaired) electrons. The number of carbonyl (C=O) groups excluding carboxylic acids is 1. The largest absolute Gasteiger partial charge is 0.491 e. The number of hydrogen-bond acceptors (Lipinski definition) is 9. The van der Waals surface area contributed by atoms with Crippen LogP contribution in [-0.4, -0.2) is 91.0 Å². The second-order valence-corrected chi connectivity index (χ2v) is 11.5. The molecular weight excluding hydrogens is 561 g/mol. The summed E-state index contributed by atoms with van der Waals surface area (Å²) in [5.74, 6) is 1.00. The minimum absolute atomic E-state index is 0.0535. The molecule has 0 saturated carbocycles. The van der Waals surface area contributed by atoms with E-state index in [9.17, 15) is 23.1 Å². The van der Waals surface area contributed by atoms with E-state index in [1.165, 1.54) is 11.8 Å². The minimum atomic E-state index is -4.24. The Labute approximate surface area is 242 Å². The van der Waals surface area contributed by atoms with E-state index in [-0.39, 0.29) is 29.2 Å². The van der Waals surface area contributed by atoms with Crippen molar-refractivity contribution in [2.24, 2.45) is 11.1 Å². The Morgan fingerprint density at radius 2 is 1.98 bits per heavy atom. The highest BCUT2D eigenvalue weighted by atomic mass is 35.5. The molecule has 13 heteroatoms. The highest BCUT2D eigenvalue weighted by molar-refractivity contribution is 6.33. The lowest BCUT2D eigenvalue weighted by molar-refractivity contribution is -0.144. The van der Waals surface area contributed by atoms with Crippen molar-refractivity contribution in [2.45, 2.75) is 39.5 Å². The molecule has 4 N–H and O–H groups in total. The lowest BCUT2D eigenvalue weighted by atomic mass is 9.79. The van der Waals surface area contributed by atoms with Crippen molar-refractivity contribution in [1.82, 2.24) is 20.2 Å². The molecule has 1 atom stereocenters. The maximum Gasteiger partial charge on any atom is 0.401 e. The summed E-state index contributed by atoms with van der Waals surface area (Å²) in [6.07, 6.45) is -4.29. The first-order chi connectivity index (χ1) is 19.2. The number of benzene rings is 1. The predicted molar refractivity (Wildman–Crippen MR) is 152 cm³/mol. The summed E-state index contributed by atoms with van der Waals surface area (Å²) in [5, 5.41) is 13.3. The fourth-order valence-electron chi connectivity index (χ4n) is 5.65. The molecule has 0 amide bonds. The SMILES string of the molecule is CNC[C@@H](O)COc1ccc(Cl)c(-c2nc(C(C(C)=O)=C(C)N)c(C)c(N3CC4(CCN(CC(F)(F)F)C4)C3)n2)c1. The van der Waals surface area contributed by atoms with Crippen molar-refractivity contribution in [2.75, 3.05) is 57.8 Å². The average Bonchev–Trinajstić information content (AvgIpc) is 3.26. The van der Waals surface area contributed by atoms with Gasteiger partial charge in [0.1, 0.15) is 24.3 Å². The van der Waals surface area contributed by atoms with Crippen LogP contribution in [0.4, 0.5) is 19.0 Å². The molecule has 1 aromatic heterocycles. The van der Waals surface area contributed by atoms with Crippen molar-refractivity contribution >= 4 is 28.8 Å². The number of aliphatic hydroxyl groups is 1. The van der Waals surface area contributed by atoms with Gasteiger partial charge >= 0.3 is 6.18 Å². The van der Waals surface area contributed by atoms with Gasteiger partial charge in [0, 0.05) is 48.4 Å². The van der Waals surface area contributed by atoms with Crippen LogP contribution in [0.15, 0.2) is 23.9 Å². The first-order valence-corrected chi connectivity index (χ1v) is 13.8. The van der Waals surface area contributed by atoms with Gasteiger partial charge in [-0.05, 0) is 59.0 Å². The number of nitrogens with one attached hydrogen (secondary N) is 1. The highest BCUT2D eigenvalue weighted by Crippen LogP contribution is 2.44. The van der Waals surface area contributed by atoms with E-state index in [4.69, 9.17) is 32.0 Å². The van der Waals surface area contributed by atoms with Gasteiger partial charge in [0.25, 0.3) is 0 Å². The Bertz CT molecular complexity index is 1330.